The van der Waals surface area contributed by atoms with E-state index in [-0.39, 0.29) is 41.3 Å². The number of ether oxygens (including phenoxy) is 2. The van der Waals surface area contributed by atoms with Crippen LogP contribution in [-0.2, 0) is 23.9 Å². The zero-order chi connectivity index (χ0) is 21.7. The second-order valence-electron chi connectivity index (χ2n) is 11.3. The van der Waals surface area contributed by atoms with Gasteiger partial charge in [-0.25, -0.2) is 0 Å². The average molecular weight is 419 g/mol. The standard InChI is InChI=1S/C24H34O6/c1-13-9-18-17-6-5-15-10-16(26)7-8-21(15,3)24(17)20(30-24)11-22(18,4)23(13,28)19(27)12-29-14(2)25/h13,15,17-18,20,28H,5-12H2,1-4H3/t13-,15+,17+,18-,20+,21+,22+,23+,24-/m1/s1. The summed E-state index contributed by atoms with van der Waals surface area (Å²) in [6.07, 6.45) is 5.67. The van der Waals surface area contributed by atoms with E-state index < -0.39 is 17.0 Å². The molecule has 0 aromatic rings. The molecule has 0 bridgehead atoms. The zero-order valence-corrected chi connectivity index (χ0v) is 18.5. The van der Waals surface area contributed by atoms with E-state index in [4.69, 9.17) is 9.47 Å². The molecule has 5 aliphatic rings. The molecule has 5 fully saturated rings. The van der Waals surface area contributed by atoms with E-state index in [1.54, 1.807) is 0 Å². The van der Waals surface area contributed by atoms with Crippen LogP contribution in [0.25, 0.3) is 0 Å². The van der Waals surface area contributed by atoms with E-state index >= 15 is 0 Å². The van der Waals surface area contributed by atoms with Gasteiger partial charge in [0.25, 0.3) is 0 Å². The molecule has 6 heteroatoms. The quantitative estimate of drug-likeness (QED) is 0.560. The number of carbonyl (C=O) groups excluding carboxylic acids is 3. The van der Waals surface area contributed by atoms with Crippen molar-refractivity contribution in [1.29, 1.82) is 0 Å². The van der Waals surface area contributed by atoms with Gasteiger partial charge in [0.1, 0.15) is 17.0 Å². The summed E-state index contributed by atoms with van der Waals surface area (Å²) in [5.41, 5.74) is -2.30. The number of esters is 1. The lowest BCUT2D eigenvalue weighted by Crippen LogP contribution is -2.64. The third-order valence-corrected chi connectivity index (χ3v) is 10.3. The number of ketones is 2. The van der Waals surface area contributed by atoms with Crippen LogP contribution >= 0.6 is 0 Å². The van der Waals surface area contributed by atoms with Crippen molar-refractivity contribution in [3.63, 3.8) is 0 Å². The number of Topliss-reactive ketones (excluding diaryl/α,β-unsaturated/α-hetero) is 2. The number of epoxide rings is 1. The summed E-state index contributed by atoms with van der Waals surface area (Å²) in [4.78, 5) is 36.5. The maximum absolute atomic E-state index is 13.1. The Balaban J connectivity index is 1.49. The first-order valence-corrected chi connectivity index (χ1v) is 11.6. The van der Waals surface area contributed by atoms with Crippen LogP contribution in [-0.4, -0.2) is 46.6 Å². The van der Waals surface area contributed by atoms with E-state index in [0.717, 1.165) is 25.7 Å². The summed E-state index contributed by atoms with van der Waals surface area (Å²) in [5.74, 6) is 0.167. The minimum absolute atomic E-state index is 0.00150. The third kappa shape index (κ3) is 2.25. The van der Waals surface area contributed by atoms with Gasteiger partial charge >= 0.3 is 5.97 Å². The zero-order valence-electron chi connectivity index (χ0n) is 18.5. The Morgan fingerprint density at radius 1 is 1.20 bits per heavy atom. The minimum Gasteiger partial charge on any atom is -0.458 e. The van der Waals surface area contributed by atoms with E-state index in [1.165, 1.54) is 6.92 Å². The van der Waals surface area contributed by atoms with Gasteiger partial charge in [0.15, 0.2) is 6.61 Å². The summed E-state index contributed by atoms with van der Waals surface area (Å²) >= 11 is 0. The number of rotatable bonds is 3. The van der Waals surface area contributed by atoms with Gasteiger partial charge in [-0.3, -0.25) is 14.4 Å². The molecule has 166 valence electrons. The lowest BCUT2D eigenvalue weighted by molar-refractivity contribution is -0.174. The number of hydrogen-bond donors (Lipinski definition) is 1. The molecule has 1 spiro atoms. The Labute approximate surface area is 178 Å². The summed E-state index contributed by atoms with van der Waals surface area (Å²) in [6, 6.07) is 0. The van der Waals surface area contributed by atoms with Crippen molar-refractivity contribution in [3.05, 3.63) is 0 Å². The van der Waals surface area contributed by atoms with Crippen LogP contribution in [0.15, 0.2) is 0 Å². The lowest BCUT2D eigenvalue weighted by Gasteiger charge is -2.58. The summed E-state index contributed by atoms with van der Waals surface area (Å²) in [6.45, 7) is 7.25. The SMILES string of the molecule is CC(=O)OCC(=O)[C@@]1(O)[C@H](C)C[C@@H]2[C@@H]3CC[C@H]4CC(=O)CC[C@]4(C)[C@@]34O[C@H]4C[C@@]21C. The highest BCUT2D eigenvalue weighted by Crippen LogP contribution is 2.77. The van der Waals surface area contributed by atoms with Gasteiger partial charge in [-0.2, -0.15) is 0 Å². The first-order chi connectivity index (χ1) is 14.0. The molecular formula is C24H34O6. The summed E-state index contributed by atoms with van der Waals surface area (Å²) in [7, 11) is 0. The second-order valence-corrected chi connectivity index (χ2v) is 11.3. The fourth-order valence-corrected chi connectivity index (χ4v) is 8.71. The van der Waals surface area contributed by atoms with Crippen molar-refractivity contribution < 1.29 is 29.0 Å². The summed E-state index contributed by atoms with van der Waals surface area (Å²) in [5, 5.41) is 11.8. The van der Waals surface area contributed by atoms with Gasteiger partial charge in [-0.05, 0) is 55.8 Å². The van der Waals surface area contributed by atoms with E-state index in [9.17, 15) is 19.5 Å². The van der Waals surface area contributed by atoms with Crippen molar-refractivity contribution in [2.45, 2.75) is 89.9 Å². The third-order valence-electron chi connectivity index (χ3n) is 10.3. The lowest BCUT2D eigenvalue weighted by atomic mass is 9.44. The number of aliphatic hydroxyl groups is 1. The molecule has 6 nitrogen and oxygen atoms in total. The first-order valence-electron chi connectivity index (χ1n) is 11.6. The molecule has 4 aliphatic carbocycles. The molecule has 1 saturated heterocycles. The second kappa shape index (κ2) is 6.16. The Morgan fingerprint density at radius 3 is 2.63 bits per heavy atom. The van der Waals surface area contributed by atoms with Gasteiger partial charge in [0.2, 0.25) is 5.78 Å². The predicted octanol–water partition coefficient (Wildman–Crippen LogP) is 2.84. The molecule has 1 heterocycles. The predicted molar refractivity (Wildman–Crippen MR) is 107 cm³/mol. The van der Waals surface area contributed by atoms with Crippen LogP contribution in [0.2, 0.25) is 0 Å². The smallest absolute Gasteiger partial charge is 0.303 e. The van der Waals surface area contributed by atoms with Crippen LogP contribution in [0.1, 0.15) is 72.6 Å². The van der Waals surface area contributed by atoms with Crippen molar-refractivity contribution in [2.75, 3.05) is 6.61 Å². The van der Waals surface area contributed by atoms with Crippen LogP contribution < -0.4 is 0 Å². The van der Waals surface area contributed by atoms with Crippen molar-refractivity contribution >= 4 is 17.5 Å². The molecule has 0 unspecified atom stereocenters. The topological polar surface area (TPSA) is 93.2 Å². The highest BCUT2D eigenvalue weighted by atomic mass is 16.6. The maximum Gasteiger partial charge on any atom is 0.303 e. The maximum atomic E-state index is 13.1. The molecule has 1 aliphatic heterocycles. The van der Waals surface area contributed by atoms with Crippen LogP contribution in [0.5, 0.6) is 0 Å². The molecule has 5 rings (SSSR count). The summed E-state index contributed by atoms with van der Waals surface area (Å²) < 4.78 is 11.5. The van der Waals surface area contributed by atoms with Crippen LogP contribution in [0, 0.1) is 34.5 Å². The van der Waals surface area contributed by atoms with Crippen LogP contribution in [0.3, 0.4) is 0 Å². The molecular weight excluding hydrogens is 384 g/mol. The number of fused-ring (bicyclic) bond motifs is 3. The highest BCUT2D eigenvalue weighted by Gasteiger charge is 2.82. The van der Waals surface area contributed by atoms with E-state index in [2.05, 4.69) is 13.8 Å². The Bertz CT molecular complexity index is 823. The fraction of sp³-hybridized carbons (Fsp3) is 0.875. The van der Waals surface area contributed by atoms with E-state index in [0.29, 0.717) is 36.9 Å². The molecule has 0 radical (unpaired) electrons. The molecule has 0 amide bonds. The fourth-order valence-electron chi connectivity index (χ4n) is 8.71. The van der Waals surface area contributed by atoms with Gasteiger partial charge in [0, 0.05) is 30.6 Å². The minimum atomic E-state index is -1.51. The highest BCUT2D eigenvalue weighted by molar-refractivity contribution is 5.91. The van der Waals surface area contributed by atoms with Gasteiger partial charge in [-0.1, -0.05) is 20.8 Å². The van der Waals surface area contributed by atoms with E-state index in [1.807, 2.05) is 6.92 Å². The number of carbonyl (C=O) groups is 3. The monoisotopic (exact) mass is 418 g/mol. The molecule has 4 saturated carbocycles. The van der Waals surface area contributed by atoms with Crippen LogP contribution in [0.4, 0.5) is 0 Å². The molecule has 30 heavy (non-hydrogen) atoms. The van der Waals surface area contributed by atoms with Crippen molar-refractivity contribution in [2.24, 2.45) is 34.5 Å². The Morgan fingerprint density at radius 2 is 1.93 bits per heavy atom. The number of hydrogen-bond acceptors (Lipinski definition) is 6. The van der Waals surface area contributed by atoms with Gasteiger partial charge in [-0.15, -0.1) is 0 Å². The Hall–Kier alpha value is -1.27. The first kappa shape index (κ1) is 20.6. The average Bonchev–Trinajstić information content (AvgIpc) is 3.36. The molecule has 0 aromatic heterocycles. The normalized spacial score (nSPS) is 53.8. The Kier molecular flexibility index (Phi) is 4.23. The molecule has 1 N–H and O–H groups in total. The molecule has 9 atom stereocenters. The molecule has 0 aromatic carbocycles. The largest absolute Gasteiger partial charge is 0.458 e. The van der Waals surface area contributed by atoms with Crippen molar-refractivity contribution in [1.82, 2.24) is 0 Å². The van der Waals surface area contributed by atoms with Crippen molar-refractivity contribution in [3.8, 4) is 0 Å². The van der Waals surface area contributed by atoms with Gasteiger partial charge in [0.05, 0.1) is 6.10 Å². The van der Waals surface area contributed by atoms with Gasteiger partial charge < -0.3 is 14.6 Å².